The monoisotopic (exact) mass is 545 g/mol. The Morgan fingerprint density at radius 1 is 1.26 bits per heavy atom. The fraction of sp³-hybridized carbons (Fsp3) is 0.143. The highest BCUT2D eigenvalue weighted by Gasteiger charge is 2.16. The van der Waals surface area contributed by atoms with Crippen LogP contribution in [0.3, 0.4) is 0 Å². The number of primary amides is 1. The average molecular weight is 546 g/mol. The van der Waals surface area contributed by atoms with Crippen LogP contribution < -0.4 is 32.7 Å². The first-order valence-electron chi connectivity index (χ1n) is 11.9. The van der Waals surface area contributed by atoms with Gasteiger partial charge >= 0.3 is 0 Å². The van der Waals surface area contributed by atoms with Crippen molar-refractivity contribution in [1.82, 2.24) is 9.97 Å². The zero-order valence-corrected chi connectivity index (χ0v) is 23.2. The van der Waals surface area contributed by atoms with E-state index in [0.717, 1.165) is 44.7 Å². The maximum Gasteiger partial charge on any atom is 0.269 e. The standard InChI is InChI=1S/C28H29ClN7OP/c1-4-14(2)23-24-18(13-30)20(31)9-10-21(24)35-25(23)26(27(32)37)34-15(3)17-8-7-16(38)12-22(17)36-28-19(29)6-5-11-33-28/h5-13,30,35H,4,31,38H2,1-3H3,(H2,32,37)(H,33,36)/b23-14+,26-25+,30-13?,34-15?. The molecule has 0 aliphatic carbocycles. The molecule has 2 aromatic heterocycles. The number of halogens is 1. The molecular weight excluding hydrogens is 517 g/mol. The fourth-order valence-corrected chi connectivity index (χ4v) is 4.75. The summed E-state index contributed by atoms with van der Waals surface area (Å²) < 4.78 is 0. The van der Waals surface area contributed by atoms with Crippen molar-refractivity contribution in [3.8, 4) is 0 Å². The van der Waals surface area contributed by atoms with E-state index in [1.54, 1.807) is 24.4 Å². The molecule has 4 aromatic rings. The zero-order valence-electron chi connectivity index (χ0n) is 21.3. The Morgan fingerprint density at radius 3 is 2.68 bits per heavy atom. The maximum absolute atomic E-state index is 12.8. The van der Waals surface area contributed by atoms with Crippen molar-refractivity contribution in [3.05, 3.63) is 75.4 Å². The number of fused-ring (bicyclic) bond motifs is 1. The summed E-state index contributed by atoms with van der Waals surface area (Å²) in [4.78, 5) is 25.2. The molecule has 194 valence electrons. The van der Waals surface area contributed by atoms with Crippen LogP contribution in [0.5, 0.6) is 0 Å². The number of rotatable bonds is 7. The second kappa shape index (κ2) is 11.2. The van der Waals surface area contributed by atoms with Gasteiger partial charge in [0.2, 0.25) is 0 Å². The number of nitrogens with one attached hydrogen (secondary N) is 3. The highest BCUT2D eigenvalue weighted by molar-refractivity contribution is 7.27. The summed E-state index contributed by atoms with van der Waals surface area (Å²) in [7, 11) is 2.66. The molecule has 7 N–H and O–H groups in total. The summed E-state index contributed by atoms with van der Waals surface area (Å²) in [6.45, 7) is 5.82. The third-order valence-electron chi connectivity index (χ3n) is 6.34. The van der Waals surface area contributed by atoms with Crippen molar-refractivity contribution in [1.29, 1.82) is 5.41 Å². The fourth-order valence-electron chi connectivity index (χ4n) is 4.32. The number of hydrogen-bond donors (Lipinski definition) is 5. The first-order chi connectivity index (χ1) is 18.2. The van der Waals surface area contributed by atoms with E-state index in [1.165, 1.54) is 6.21 Å². The number of amides is 1. The van der Waals surface area contributed by atoms with Crippen LogP contribution in [-0.4, -0.2) is 27.8 Å². The predicted molar refractivity (Wildman–Crippen MR) is 162 cm³/mol. The number of benzene rings is 2. The third kappa shape index (κ3) is 5.19. The molecule has 2 aromatic carbocycles. The SMILES string of the molecule is CC/C(C)=c1/c(=C(\N=C(C)c2ccc(P)cc2Nc2ncccc2Cl)C(N)=O)[nH]c2ccc(N)c(C=N)c12. The number of nitrogens with two attached hydrogens (primary N) is 2. The Kier molecular flexibility index (Phi) is 7.95. The molecule has 10 heteroatoms. The van der Waals surface area contributed by atoms with Crippen molar-refractivity contribution < 1.29 is 4.79 Å². The molecule has 0 fully saturated rings. The first kappa shape index (κ1) is 27.0. The van der Waals surface area contributed by atoms with E-state index in [2.05, 4.69) is 24.5 Å². The van der Waals surface area contributed by atoms with Crippen LogP contribution in [0.25, 0.3) is 22.2 Å². The summed E-state index contributed by atoms with van der Waals surface area (Å²) >= 11 is 6.33. The minimum Gasteiger partial charge on any atom is -0.398 e. The molecule has 1 atom stereocenters. The summed E-state index contributed by atoms with van der Waals surface area (Å²) in [6.07, 6.45) is 3.60. The number of carbonyl (C=O) groups is 1. The summed E-state index contributed by atoms with van der Waals surface area (Å²) in [5.74, 6) is -0.184. The van der Waals surface area contributed by atoms with Gasteiger partial charge < -0.3 is 27.2 Å². The third-order valence-corrected chi connectivity index (χ3v) is 7.00. The van der Waals surface area contributed by atoms with Crippen LogP contribution >= 0.6 is 20.8 Å². The summed E-state index contributed by atoms with van der Waals surface area (Å²) in [6, 6.07) is 12.8. The van der Waals surface area contributed by atoms with E-state index in [9.17, 15) is 4.79 Å². The van der Waals surface area contributed by atoms with E-state index >= 15 is 0 Å². The van der Waals surface area contributed by atoms with E-state index in [0.29, 0.717) is 33.2 Å². The lowest BCUT2D eigenvalue weighted by Crippen LogP contribution is -2.32. The Bertz CT molecular complexity index is 1740. The molecule has 0 saturated heterocycles. The normalized spacial score (nSPS) is 13.3. The van der Waals surface area contributed by atoms with Crippen molar-refractivity contribution in [2.24, 2.45) is 10.7 Å². The molecule has 0 spiro atoms. The van der Waals surface area contributed by atoms with Gasteiger partial charge in [-0.15, -0.1) is 9.24 Å². The quantitative estimate of drug-likeness (QED) is 0.137. The van der Waals surface area contributed by atoms with Gasteiger partial charge in [0, 0.05) is 56.7 Å². The highest BCUT2D eigenvalue weighted by Crippen LogP contribution is 2.26. The van der Waals surface area contributed by atoms with Crippen LogP contribution in [0.4, 0.5) is 17.2 Å². The van der Waals surface area contributed by atoms with Crippen LogP contribution in [0.1, 0.15) is 38.3 Å². The molecule has 1 amide bonds. The molecule has 0 bridgehead atoms. The number of hydrogen-bond acceptors (Lipinski definition) is 6. The van der Waals surface area contributed by atoms with Crippen molar-refractivity contribution >= 4 is 83.3 Å². The van der Waals surface area contributed by atoms with Gasteiger partial charge in [0.15, 0.2) is 5.70 Å². The number of aromatic amines is 1. The number of carbonyl (C=O) groups excluding carboxylic acids is 1. The largest absolute Gasteiger partial charge is 0.398 e. The van der Waals surface area contributed by atoms with Gasteiger partial charge in [-0.05, 0) is 55.9 Å². The molecule has 2 heterocycles. The topological polar surface area (TPSA) is 146 Å². The number of nitrogen functional groups attached to an aromatic ring is 1. The molecular formula is C28H29ClN7OP. The molecule has 0 radical (unpaired) electrons. The van der Waals surface area contributed by atoms with Gasteiger partial charge in [-0.3, -0.25) is 4.79 Å². The van der Waals surface area contributed by atoms with Crippen LogP contribution in [0.15, 0.2) is 53.7 Å². The second-order valence-corrected chi connectivity index (χ2v) is 9.89. The highest BCUT2D eigenvalue weighted by atomic mass is 35.5. The summed E-state index contributed by atoms with van der Waals surface area (Å²) in [5.41, 5.74) is 17.0. The average Bonchev–Trinajstić information content (AvgIpc) is 3.27. The smallest absolute Gasteiger partial charge is 0.269 e. The van der Waals surface area contributed by atoms with Gasteiger partial charge in [-0.2, -0.15) is 0 Å². The van der Waals surface area contributed by atoms with Gasteiger partial charge in [-0.25, -0.2) is 9.98 Å². The number of H-pyrrole nitrogens is 1. The Morgan fingerprint density at radius 2 is 2.03 bits per heavy atom. The molecule has 0 saturated carbocycles. The van der Waals surface area contributed by atoms with Crippen molar-refractivity contribution in [2.45, 2.75) is 27.2 Å². The van der Waals surface area contributed by atoms with Crippen LogP contribution in [0.2, 0.25) is 5.02 Å². The van der Waals surface area contributed by atoms with Gasteiger partial charge in [0.1, 0.15) is 5.82 Å². The van der Waals surface area contributed by atoms with E-state index in [1.807, 2.05) is 45.0 Å². The summed E-state index contributed by atoms with van der Waals surface area (Å²) in [5, 5.41) is 14.7. The zero-order chi connectivity index (χ0) is 27.6. The Balaban J connectivity index is 2.02. The number of nitrogens with zero attached hydrogens (tertiary/aromatic N) is 2. The second-order valence-electron chi connectivity index (χ2n) is 8.82. The first-order valence-corrected chi connectivity index (χ1v) is 12.9. The minimum atomic E-state index is -0.685. The van der Waals surface area contributed by atoms with E-state index in [-0.39, 0.29) is 5.70 Å². The van der Waals surface area contributed by atoms with Gasteiger partial charge in [0.25, 0.3) is 5.91 Å². The predicted octanol–water partition coefficient (Wildman–Crippen LogP) is 3.72. The molecule has 38 heavy (non-hydrogen) atoms. The lowest BCUT2D eigenvalue weighted by Gasteiger charge is -2.13. The number of anilines is 3. The Labute approximate surface area is 227 Å². The molecule has 8 nitrogen and oxygen atoms in total. The molecule has 0 aliphatic rings. The number of aromatic nitrogens is 2. The minimum absolute atomic E-state index is 0.0766. The lowest BCUT2D eigenvalue weighted by atomic mass is 10.0. The number of aliphatic imine (C=N–C) groups is 1. The van der Waals surface area contributed by atoms with Crippen LogP contribution in [0, 0.1) is 5.41 Å². The molecule has 1 unspecified atom stereocenters. The van der Waals surface area contributed by atoms with Crippen molar-refractivity contribution in [2.75, 3.05) is 11.1 Å². The maximum atomic E-state index is 12.8. The Hall–Kier alpha value is -4.00. The van der Waals surface area contributed by atoms with E-state index < -0.39 is 5.91 Å². The van der Waals surface area contributed by atoms with E-state index in [4.69, 9.17) is 33.5 Å². The molecule has 0 aliphatic heterocycles. The van der Waals surface area contributed by atoms with Crippen LogP contribution in [-0.2, 0) is 4.79 Å². The number of pyridine rings is 1. The van der Waals surface area contributed by atoms with Gasteiger partial charge in [-0.1, -0.05) is 36.2 Å². The van der Waals surface area contributed by atoms with Crippen molar-refractivity contribution in [3.63, 3.8) is 0 Å². The van der Waals surface area contributed by atoms with Gasteiger partial charge in [0.05, 0.1) is 10.4 Å². The lowest BCUT2D eigenvalue weighted by molar-refractivity contribution is -0.113. The molecule has 4 rings (SSSR count).